The van der Waals surface area contributed by atoms with E-state index < -0.39 is 0 Å². The van der Waals surface area contributed by atoms with Gasteiger partial charge in [-0.3, -0.25) is 4.79 Å². The van der Waals surface area contributed by atoms with E-state index >= 15 is 0 Å². The Balaban J connectivity index is 1.88. The predicted molar refractivity (Wildman–Crippen MR) is 92.4 cm³/mol. The summed E-state index contributed by atoms with van der Waals surface area (Å²) in [5.41, 5.74) is 0. The molecule has 0 spiro atoms. The summed E-state index contributed by atoms with van der Waals surface area (Å²) in [6, 6.07) is 8.18. The SMILES string of the molecule is COc1ccc(S[C@H](C)C(=O)N[C@@H]2CCC[C@H](C)[C@H]2C)cc1. The standard InChI is InChI=1S/C18H27NO2S/c1-12-6-5-7-17(13(12)2)19-18(20)14(3)22-16-10-8-15(21-4)9-11-16/h8-14,17H,5-7H2,1-4H3,(H,19,20)/t12-,13+,14+,17+/m0/s1. The lowest BCUT2D eigenvalue weighted by molar-refractivity contribution is -0.121. The van der Waals surface area contributed by atoms with Gasteiger partial charge in [0.05, 0.1) is 12.4 Å². The van der Waals surface area contributed by atoms with E-state index in [4.69, 9.17) is 4.74 Å². The second-order valence-electron chi connectivity index (χ2n) is 6.32. The number of carbonyl (C=O) groups is 1. The highest BCUT2D eigenvalue weighted by molar-refractivity contribution is 8.00. The van der Waals surface area contributed by atoms with Crippen molar-refractivity contribution in [2.45, 2.75) is 56.2 Å². The van der Waals surface area contributed by atoms with Gasteiger partial charge in [0.25, 0.3) is 0 Å². The van der Waals surface area contributed by atoms with Crippen molar-refractivity contribution < 1.29 is 9.53 Å². The molecule has 1 aromatic rings. The van der Waals surface area contributed by atoms with Crippen LogP contribution >= 0.6 is 11.8 Å². The second kappa shape index (κ2) is 7.91. The van der Waals surface area contributed by atoms with Crippen molar-refractivity contribution in [3.8, 4) is 5.75 Å². The number of methoxy groups -OCH3 is 1. The van der Waals surface area contributed by atoms with Crippen LogP contribution in [0.15, 0.2) is 29.2 Å². The molecule has 1 N–H and O–H groups in total. The van der Waals surface area contributed by atoms with Crippen LogP contribution in [0.4, 0.5) is 0 Å². The Kier molecular flexibility index (Phi) is 6.18. The highest BCUT2D eigenvalue weighted by Crippen LogP contribution is 2.30. The fraction of sp³-hybridized carbons (Fsp3) is 0.611. The van der Waals surface area contributed by atoms with Gasteiger partial charge in [0.2, 0.25) is 5.91 Å². The molecule has 2 rings (SSSR count). The molecule has 0 aromatic heterocycles. The van der Waals surface area contributed by atoms with Gasteiger partial charge in [0.15, 0.2) is 0 Å². The van der Waals surface area contributed by atoms with Crippen LogP contribution in [0.1, 0.15) is 40.0 Å². The molecule has 0 saturated heterocycles. The Bertz CT molecular complexity index is 488. The third-order valence-corrected chi connectivity index (χ3v) is 5.89. The van der Waals surface area contributed by atoms with Crippen molar-refractivity contribution in [1.29, 1.82) is 0 Å². The zero-order valence-electron chi connectivity index (χ0n) is 14.0. The molecule has 0 aliphatic heterocycles. The highest BCUT2D eigenvalue weighted by Gasteiger charge is 2.29. The van der Waals surface area contributed by atoms with Gasteiger partial charge in [-0.1, -0.05) is 26.7 Å². The number of hydrogen-bond donors (Lipinski definition) is 1. The molecule has 3 nitrogen and oxygen atoms in total. The van der Waals surface area contributed by atoms with Crippen molar-refractivity contribution in [3.63, 3.8) is 0 Å². The summed E-state index contributed by atoms with van der Waals surface area (Å²) >= 11 is 1.59. The molecule has 1 amide bonds. The molecule has 1 aliphatic carbocycles. The lowest BCUT2D eigenvalue weighted by Gasteiger charge is -2.35. The maximum Gasteiger partial charge on any atom is 0.233 e. The largest absolute Gasteiger partial charge is 0.497 e. The molecular formula is C18H27NO2S. The van der Waals surface area contributed by atoms with E-state index in [-0.39, 0.29) is 11.2 Å². The minimum absolute atomic E-state index is 0.0853. The Morgan fingerprint density at radius 2 is 1.95 bits per heavy atom. The molecule has 0 unspecified atom stereocenters. The van der Waals surface area contributed by atoms with Gasteiger partial charge in [-0.2, -0.15) is 0 Å². The van der Waals surface area contributed by atoms with E-state index in [1.54, 1.807) is 18.9 Å². The summed E-state index contributed by atoms with van der Waals surface area (Å²) in [4.78, 5) is 13.5. The van der Waals surface area contributed by atoms with Gasteiger partial charge >= 0.3 is 0 Å². The first-order valence-corrected chi connectivity index (χ1v) is 9.00. The van der Waals surface area contributed by atoms with Gasteiger partial charge in [-0.15, -0.1) is 11.8 Å². The van der Waals surface area contributed by atoms with Gasteiger partial charge in [0, 0.05) is 10.9 Å². The van der Waals surface area contributed by atoms with E-state index in [1.165, 1.54) is 12.8 Å². The first-order valence-electron chi connectivity index (χ1n) is 8.12. The molecule has 1 aromatic carbocycles. The molecule has 122 valence electrons. The fourth-order valence-electron chi connectivity index (χ4n) is 3.00. The predicted octanol–water partition coefficient (Wildman–Crippen LogP) is 4.12. The van der Waals surface area contributed by atoms with Gasteiger partial charge in [-0.25, -0.2) is 0 Å². The Hall–Kier alpha value is -1.16. The first kappa shape index (κ1) is 17.2. The third kappa shape index (κ3) is 4.42. The zero-order chi connectivity index (χ0) is 16.1. The minimum atomic E-state index is -0.0853. The topological polar surface area (TPSA) is 38.3 Å². The number of hydrogen-bond acceptors (Lipinski definition) is 3. The number of benzene rings is 1. The number of rotatable bonds is 5. The monoisotopic (exact) mass is 321 g/mol. The van der Waals surface area contributed by atoms with E-state index in [0.29, 0.717) is 17.9 Å². The molecule has 0 heterocycles. The number of nitrogens with one attached hydrogen (secondary N) is 1. The van der Waals surface area contributed by atoms with E-state index in [1.807, 2.05) is 31.2 Å². The van der Waals surface area contributed by atoms with Crippen LogP contribution in [0.5, 0.6) is 5.75 Å². The van der Waals surface area contributed by atoms with E-state index in [0.717, 1.165) is 17.1 Å². The summed E-state index contributed by atoms with van der Waals surface area (Å²) in [5.74, 6) is 2.25. The minimum Gasteiger partial charge on any atom is -0.497 e. The van der Waals surface area contributed by atoms with Crippen LogP contribution in [-0.4, -0.2) is 24.3 Å². The lowest BCUT2D eigenvalue weighted by atomic mass is 9.78. The van der Waals surface area contributed by atoms with Gasteiger partial charge < -0.3 is 10.1 Å². The second-order valence-corrected chi connectivity index (χ2v) is 7.73. The molecular weight excluding hydrogens is 294 g/mol. The van der Waals surface area contributed by atoms with Crippen molar-refractivity contribution in [2.75, 3.05) is 7.11 Å². The molecule has 22 heavy (non-hydrogen) atoms. The molecule has 0 radical (unpaired) electrons. The summed E-state index contributed by atoms with van der Waals surface area (Å²) in [7, 11) is 1.66. The average Bonchev–Trinajstić information content (AvgIpc) is 2.52. The Labute approximate surface area is 138 Å². The van der Waals surface area contributed by atoms with Crippen molar-refractivity contribution >= 4 is 17.7 Å². The zero-order valence-corrected chi connectivity index (χ0v) is 14.8. The summed E-state index contributed by atoms with van der Waals surface area (Å²) < 4.78 is 5.16. The smallest absolute Gasteiger partial charge is 0.233 e. The van der Waals surface area contributed by atoms with Crippen LogP contribution < -0.4 is 10.1 Å². The van der Waals surface area contributed by atoms with Crippen LogP contribution in [0, 0.1) is 11.8 Å². The highest BCUT2D eigenvalue weighted by atomic mass is 32.2. The molecule has 1 fully saturated rings. The van der Waals surface area contributed by atoms with Gasteiger partial charge in [-0.05, 0) is 49.4 Å². The Morgan fingerprint density at radius 1 is 1.27 bits per heavy atom. The fourth-order valence-corrected chi connectivity index (χ4v) is 3.87. The lowest BCUT2D eigenvalue weighted by Crippen LogP contribution is -2.46. The average molecular weight is 321 g/mol. The molecule has 4 atom stereocenters. The Morgan fingerprint density at radius 3 is 2.59 bits per heavy atom. The third-order valence-electron chi connectivity index (χ3n) is 4.78. The van der Waals surface area contributed by atoms with E-state index in [9.17, 15) is 4.79 Å². The number of ether oxygens (including phenoxy) is 1. The van der Waals surface area contributed by atoms with Gasteiger partial charge in [0.1, 0.15) is 5.75 Å². The number of amides is 1. The van der Waals surface area contributed by atoms with Crippen LogP contribution in [0.25, 0.3) is 0 Å². The van der Waals surface area contributed by atoms with Crippen molar-refractivity contribution in [3.05, 3.63) is 24.3 Å². The molecule has 4 heteroatoms. The number of carbonyl (C=O) groups excluding carboxylic acids is 1. The summed E-state index contributed by atoms with van der Waals surface area (Å²) in [6.45, 7) is 6.52. The van der Waals surface area contributed by atoms with Crippen LogP contribution in [0.2, 0.25) is 0 Å². The molecule has 1 aliphatic rings. The summed E-state index contributed by atoms with van der Waals surface area (Å²) in [5, 5.41) is 3.17. The normalized spacial score (nSPS) is 26.3. The molecule has 1 saturated carbocycles. The summed E-state index contributed by atoms with van der Waals surface area (Å²) in [6.07, 6.45) is 3.61. The number of thioether (sulfide) groups is 1. The van der Waals surface area contributed by atoms with E-state index in [2.05, 4.69) is 19.2 Å². The van der Waals surface area contributed by atoms with Crippen LogP contribution in [-0.2, 0) is 4.79 Å². The maximum atomic E-state index is 12.4. The van der Waals surface area contributed by atoms with Crippen LogP contribution in [0.3, 0.4) is 0 Å². The van der Waals surface area contributed by atoms with Crippen molar-refractivity contribution in [2.24, 2.45) is 11.8 Å². The quantitative estimate of drug-likeness (QED) is 0.829. The van der Waals surface area contributed by atoms with Crippen molar-refractivity contribution in [1.82, 2.24) is 5.32 Å². The maximum absolute atomic E-state index is 12.4. The molecule has 0 bridgehead atoms. The first-order chi connectivity index (χ1) is 10.5.